The second kappa shape index (κ2) is 4.82. The van der Waals surface area contributed by atoms with Gasteiger partial charge in [-0.25, -0.2) is 9.67 Å². The van der Waals surface area contributed by atoms with E-state index >= 15 is 0 Å². The zero-order valence-corrected chi connectivity index (χ0v) is 11.1. The van der Waals surface area contributed by atoms with Crippen molar-refractivity contribution >= 4 is 10.8 Å². The van der Waals surface area contributed by atoms with Crippen LogP contribution in [0.5, 0.6) is 0 Å². The summed E-state index contributed by atoms with van der Waals surface area (Å²) in [5, 5.41) is 9.81. The molecule has 0 bridgehead atoms. The predicted molar refractivity (Wildman–Crippen MR) is 76.4 cm³/mol. The van der Waals surface area contributed by atoms with Gasteiger partial charge in [0.1, 0.15) is 0 Å². The first-order valence-corrected chi connectivity index (χ1v) is 6.33. The van der Waals surface area contributed by atoms with Crippen LogP contribution in [-0.2, 0) is 6.54 Å². The number of hydrogen-bond donors (Lipinski definition) is 1. The summed E-state index contributed by atoms with van der Waals surface area (Å²) < 4.78 is 1.84. The Morgan fingerprint density at radius 1 is 1.26 bits per heavy atom. The molecule has 0 spiro atoms. The standard InChI is InChI=1S/C15H16N4/c1-11-8-17-19(10-11)15-14-6-4-3-5-12(14)7-13(18-15)9-16-2/h3-8,10,16H,9H2,1-2H3. The average Bonchev–Trinajstić information content (AvgIpc) is 2.85. The van der Waals surface area contributed by atoms with E-state index in [0.29, 0.717) is 0 Å². The summed E-state index contributed by atoms with van der Waals surface area (Å²) in [5.74, 6) is 0.886. The molecule has 0 aliphatic carbocycles. The van der Waals surface area contributed by atoms with Gasteiger partial charge in [-0.05, 0) is 31.0 Å². The first-order valence-electron chi connectivity index (χ1n) is 6.33. The summed E-state index contributed by atoms with van der Waals surface area (Å²) in [4.78, 5) is 4.71. The molecule has 2 heterocycles. The van der Waals surface area contributed by atoms with Crippen molar-refractivity contribution in [1.29, 1.82) is 0 Å². The molecule has 0 atom stereocenters. The number of aryl methyl sites for hydroxylation is 1. The number of benzene rings is 1. The molecule has 0 radical (unpaired) electrons. The molecule has 0 aliphatic rings. The SMILES string of the molecule is CNCc1cc2ccccc2c(-n2cc(C)cn2)n1. The normalized spacial score (nSPS) is 11.1. The summed E-state index contributed by atoms with van der Waals surface area (Å²) in [7, 11) is 1.93. The minimum atomic E-state index is 0.748. The zero-order valence-electron chi connectivity index (χ0n) is 11.1. The lowest BCUT2D eigenvalue weighted by atomic mass is 10.1. The topological polar surface area (TPSA) is 42.7 Å². The van der Waals surface area contributed by atoms with Gasteiger partial charge in [-0.15, -0.1) is 0 Å². The molecule has 2 aromatic heterocycles. The van der Waals surface area contributed by atoms with E-state index in [1.165, 1.54) is 5.39 Å². The van der Waals surface area contributed by atoms with Gasteiger partial charge in [-0.3, -0.25) is 0 Å². The van der Waals surface area contributed by atoms with Gasteiger partial charge in [0.2, 0.25) is 0 Å². The molecule has 0 unspecified atom stereocenters. The highest BCUT2D eigenvalue weighted by atomic mass is 15.3. The lowest BCUT2D eigenvalue weighted by molar-refractivity contribution is 0.775. The molecule has 96 valence electrons. The summed E-state index contributed by atoms with van der Waals surface area (Å²) >= 11 is 0. The van der Waals surface area contributed by atoms with E-state index in [1.807, 2.05) is 43.2 Å². The van der Waals surface area contributed by atoms with E-state index < -0.39 is 0 Å². The van der Waals surface area contributed by atoms with Crippen molar-refractivity contribution in [1.82, 2.24) is 20.1 Å². The summed E-state index contributed by atoms with van der Waals surface area (Å²) in [5.41, 5.74) is 2.15. The van der Waals surface area contributed by atoms with Crippen molar-refractivity contribution in [2.24, 2.45) is 0 Å². The Morgan fingerprint density at radius 2 is 2.11 bits per heavy atom. The van der Waals surface area contributed by atoms with Crippen LogP contribution in [0.25, 0.3) is 16.6 Å². The van der Waals surface area contributed by atoms with E-state index in [9.17, 15) is 0 Å². The van der Waals surface area contributed by atoms with Crippen LogP contribution in [-0.4, -0.2) is 21.8 Å². The summed E-state index contributed by atoms with van der Waals surface area (Å²) in [6, 6.07) is 10.4. The van der Waals surface area contributed by atoms with E-state index in [-0.39, 0.29) is 0 Å². The lowest BCUT2D eigenvalue weighted by Gasteiger charge is -2.09. The highest BCUT2D eigenvalue weighted by molar-refractivity contribution is 5.88. The molecule has 0 aliphatic heterocycles. The number of nitrogens with zero attached hydrogens (tertiary/aromatic N) is 3. The van der Waals surface area contributed by atoms with Gasteiger partial charge in [0, 0.05) is 18.1 Å². The Kier molecular flexibility index (Phi) is 3.01. The Hall–Kier alpha value is -2.20. The Morgan fingerprint density at radius 3 is 2.84 bits per heavy atom. The van der Waals surface area contributed by atoms with E-state index in [4.69, 9.17) is 4.98 Å². The molecule has 4 heteroatoms. The van der Waals surface area contributed by atoms with Crippen LogP contribution in [0.1, 0.15) is 11.3 Å². The molecule has 3 aromatic rings. The Balaban J connectivity index is 2.25. The van der Waals surface area contributed by atoms with Crippen LogP contribution in [0.3, 0.4) is 0 Å². The molecule has 4 nitrogen and oxygen atoms in total. The van der Waals surface area contributed by atoms with Crippen molar-refractivity contribution < 1.29 is 0 Å². The number of hydrogen-bond acceptors (Lipinski definition) is 3. The van der Waals surface area contributed by atoms with Gasteiger partial charge in [-0.2, -0.15) is 5.10 Å². The van der Waals surface area contributed by atoms with Crippen LogP contribution in [0.15, 0.2) is 42.7 Å². The van der Waals surface area contributed by atoms with Crippen molar-refractivity contribution in [3.05, 3.63) is 54.0 Å². The third kappa shape index (κ3) is 2.22. The van der Waals surface area contributed by atoms with E-state index in [1.54, 1.807) is 0 Å². The maximum Gasteiger partial charge on any atom is 0.161 e. The zero-order chi connectivity index (χ0) is 13.2. The maximum atomic E-state index is 4.71. The predicted octanol–water partition coefficient (Wildman–Crippen LogP) is 2.45. The maximum absolute atomic E-state index is 4.71. The molecule has 1 aromatic carbocycles. The first-order chi connectivity index (χ1) is 9.28. The van der Waals surface area contributed by atoms with Crippen molar-refractivity contribution in [3.63, 3.8) is 0 Å². The van der Waals surface area contributed by atoms with Crippen molar-refractivity contribution in [2.45, 2.75) is 13.5 Å². The number of nitrogens with one attached hydrogen (secondary N) is 1. The molecular weight excluding hydrogens is 236 g/mol. The Labute approximate surface area is 112 Å². The first kappa shape index (κ1) is 11.9. The highest BCUT2D eigenvalue weighted by Gasteiger charge is 2.08. The number of fused-ring (bicyclic) bond motifs is 1. The molecular formula is C15H16N4. The fourth-order valence-corrected chi connectivity index (χ4v) is 2.21. The molecule has 0 amide bonds. The van der Waals surface area contributed by atoms with Gasteiger partial charge < -0.3 is 5.32 Å². The number of pyridine rings is 1. The smallest absolute Gasteiger partial charge is 0.161 e. The fraction of sp³-hybridized carbons (Fsp3) is 0.200. The molecule has 3 rings (SSSR count). The lowest BCUT2D eigenvalue weighted by Crippen LogP contribution is -2.09. The minimum Gasteiger partial charge on any atom is -0.314 e. The Bertz CT molecular complexity index is 715. The van der Waals surface area contributed by atoms with Crippen molar-refractivity contribution in [2.75, 3.05) is 7.05 Å². The number of rotatable bonds is 3. The van der Waals surface area contributed by atoms with Crippen LogP contribution >= 0.6 is 0 Å². The van der Waals surface area contributed by atoms with Gasteiger partial charge in [0.25, 0.3) is 0 Å². The highest BCUT2D eigenvalue weighted by Crippen LogP contribution is 2.21. The second-order valence-corrected chi connectivity index (χ2v) is 4.65. The van der Waals surface area contributed by atoms with Gasteiger partial charge in [0.15, 0.2) is 5.82 Å². The largest absolute Gasteiger partial charge is 0.314 e. The molecule has 0 saturated carbocycles. The van der Waals surface area contributed by atoms with E-state index in [0.717, 1.165) is 29.0 Å². The van der Waals surface area contributed by atoms with Crippen LogP contribution in [0.2, 0.25) is 0 Å². The molecule has 1 N–H and O–H groups in total. The fourth-order valence-electron chi connectivity index (χ4n) is 2.21. The third-order valence-corrected chi connectivity index (χ3v) is 3.06. The van der Waals surface area contributed by atoms with Gasteiger partial charge in [0.05, 0.1) is 11.9 Å². The van der Waals surface area contributed by atoms with Crippen molar-refractivity contribution in [3.8, 4) is 5.82 Å². The van der Waals surface area contributed by atoms with Gasteiger partial charge in [-0.1, -0.05) is 24.3 Å². The summed E-state index contributed by atoms with van der Waals surface area (Å²) in [6.45, 7) is 2.78. The van der Waals surface area contributed by atoms with Gasteiger partial charge >= 0.3 is 0 Å². The quantitative estimate of drug-likeness (QED) is 0.778. The number of aromatic nitrogens is 3. The average molecular weight is 252 g/mol. The minimum absolute atomic E-state index is 0.748. The van der Waals surface area contributed by atoms with E-state index in [2.05, 4.69) is 28.6 Å². The van der Waals surface area contributed by atoms with Crippen LogP contribution in [0, 0.1) is 6.92 Å². The molecule has 0 fully saturated rings. The summed E-state index contributed by atoms with van der Waals surface area (Å²) in [6.07, 6.45) is 3.85. The monoisotopic (exact) mass is 252 g/mol. The second-order valence-electron chi connectivity index (χ2n) is 4.65. The molecule has 0 saturated heterocycles. The van der Waals surface area contributed by atoms with Crippen LogP contribution < -0.4 is 5.32 Å². The molecule has 19 heavy (non-hydrogen) atoms. The third-order valence-electron chi connectivity index (χ3n) is 3.06. The van der Waals surface area contributed by atoms with Crippen LogP contribution in [0.4, 0.5) is 0 Å².